The predicted octanol–water partition coefficient (Wildman–Crippen LogP) is 0.316. The van der Waals surface area contributed by atoms with E-state index in [4.69, 9.17) is 4.74 Å². The monoisotopic (exact) mass is 305 g/mol. The first-order chi connectivity index (χ1) is 10.7. The first-order valence-electron chi connectivity index (χ1n) is 8.07. The van der Waals surface area contributed by atoms with Crippen molar-refractivity contribution in [2.75, 3.05) is 39.4 Å². The Morgan fingerprint density at radius 1 is 1.32 bits per heavy atom. The van der Waals surface area contributed by atoms with Gasteiger partial charge in [-0.3, -0.25) is 14.5 Å². The topological polar surface area (TPSA) is 74.4 Å². The summed E-state index contributed by atoms with van der Waals surface area (Å²) in [7, 11) is 0. The fraction of sp³-hybridized carbons (Fsp3) is 0.625. The molecule has 120 valence electrons. The van der Waals surface area contributed by atoms with Gasteiger partial charge in [-0.2, -0.15) is 0 Å². The predicted molar refractivity (Wildman–Crippen MR) is 83.3 cm³/mol. The number of hydrogen-bond acceptors (Lipinski definition) is 4. The lowest BCUT2D eigenvalue weighted by atomic mass is 10.1. The summed E-state index contributed by atoms with van der Waals surface area (Å²) in [6.45, 7) is 5.03. The van der Waals surface area contributed by atoms with Gasteiger partial charge in [-0.15, -0.1) is 0 Å². The van der Waals surface area contributed by atoms with Crippen LogP contribution in [0.25, 0.3) is 0 Å². The second-order valence-electron chi connectivity index (χ2n) is 5.93. The molecule has 1 aromatic rings. The van der Waals surface area contributed by atoms with Crippen LogP contribution in [-0.4, -0.2) is 55.2 Å². The molecule has 22 heavy (non-hydrogen) atoms. The molecule has 1 saturated heterocycles. The van der Waals surface area contributed by atoms with Crippen molar-refractivity contribution < 1.29 is 9.53 Å². The molecule has 3 rings (SSSR count). The number of morpholine rings is 1. The zero-order valence-corrected chi connectivity index (χ0v) is 12.8. The Kier molecular flexibility index (Phi) is 4.90. The smallest absolute Gasteiger partial charge is 0.261 e. The van der Waals surface area contributed by atoms with Crippen LogP contribution in [0, 0.1) is 0 Å². The van der Waals surface area contributed by atoms with E-state index in [9.17, 15) is 9.59 Å². The first-order valence-corrected chi connectivity index (χ1v) is 8.07. The van der Waals surface area contributed by atoms with Crippen molar-refractivity contribution >= 4 is 5.91 Å². The van der Waals surface area contributed by atoms with Crippen LogP contribution in [-0.2, 0) is 17.6 Å². The number of amides is 1. The van der Waals surface area contributed by atoms with Crippen molar-refractivity contribution in [3.63, 3.8) is 0 Å². The number of aryl methyl sites for hydroxylation is 2. The molecule has 0 unspecified atom stereocenters. The summed E-state index contributed by atoms with van der Waals surface area (Å²) in [5, 5.41) is 2.85. The number of carbonyl (C=O) groups is 1. The number of ether oxygens (including phenoxy) is 1. The average Bonchev–Trinajstić information content (AvgIpc) is 2.98. The highest BCUT2D eigenvalue weighted by Crippen LogP contribution is 2.18. The number of nitrogens with zero attached hydrogens (tertiary/aromatic N) is 1. The minimum absolute atomic E-state index is 0.243. The Morgan fingerprint density at radius 2 is 2.14 bits per heavy atom. The molecule has 1 aromatic heterocycles. The van der Waals surface area contributed by atoms with Crippen molar-refractivity contribution in [3.05, 3.63) is 33.2 Å². The maximum absolute atomic E-state index is 12.2. The highest BCUT2D eigenvalue weighted by atomic mass is 16.5. The summed E-state index contributed by atoms with van der Waals surface area (Å²) in [5.74, 6) is -0.266. The van der Waals surface area contributed by atoms with E-state index in [-0.39, 0.29) is 17.0 Å². The SMILES string of the molecule is O=C(NCCCN1CCOCC1)c1cc2c([nH]c1=O)CCC2. The molecular formula is C16H23N3O3. The molecule has 1 fully saturated rings. The average molecular weight is 305 g/mol. The zero-order valence-electron chi connectivity index (χ0n) is 12.8. The van der Waals surface area contributed by atoms with Gasteiger partial charge in [-0.05, 0) is 43.9 Å². The number of pyridine rings is 1. The van der Waals surface area contributed by atoms with Gasteiger partial charge in [0.25, 0.3) is 11.5 Å². The van der Waals surface area contributed by atoms with Crippen LogP contribution in [0.2, 0.25) is 0 Å². The highest BCUT2D eigenvalue weighted by molar-refractivity contribution is 5.94. The van der Waals surface area contributed by atoms with Gasteiger partial charge in [0.1, 0.15) is 5.56 Å². The molecule has 0 spiro atoms. The molecule has 6 heteroatoms. The number of nitrogens with one attached hydrogen (secondary N) is 2. The van der Waals surface area contributed by atoms with Crippen LogP contribution in [0.1, 0.15) is 34.5 Å². The van der Waals surface area contributed by atoms with Crippen molar-refractivity contribution in [2.24, 2.45) is 0 Å². The molecule has 6 nitrogen and oxygen atoms in total. The van der Waals surface area contributed by atoms with E-state index in [0.29, 0.717) is 6.54 Å². The zero-order chi connectivity index (χ0) is 15.4. The van der Waals surface area contributed by atoms with Crippen molar-refractivity contribution in [1.82, 2.24) is 15.2 Å². The van der Waals surface area contributed by atoms with E-state index in [1.54, 1.807) is 6.07 Å². The quantitative estimate of drug-likeness (QED) is 0.768. The van der Waals surface area contributed by atoms with E-state index in [1.807, 2.05) is 0 Å². The molecule has 1 aliphatic carbocycles. The maximum Gasteiger partial charge on any atom is 0.261 e. The Hall–Kier alpha value is -1.66. The number of carbonyl (C=O) groups excluding carboxylic acids is 1. The fourth-order valence-electron chi connectivity index (χ4n) is 3.11. The lowest BCUT2D eigenvalue weighted by Gasteiger charge is -2.26. The van der Waals surface area contributed by atoms with Gasteiger partial charge in [0, 0.05) is 25.3 Å². The Balaban J connectivity index is 1.49. The van der Waals surface area contributed by atoms with Gasteiger partial charge in [0.05, 0.1) is 13.2 Å². The van der Waals surface area contributed by atoms with Gasteiger partial charge in [0.15, 0.2) is 0 Å². The van der Waals surface area contributed by atoms with Gasteiger partial charge in [-0.1, -0.05) is 0 Å². The summed E-state index contributed by atoms with van der Waals surface area (Å²) in [6.07, 6.45) is 3.79. The Labute approximate surface area is 129 Å². The second kappa shape index (κ2) is 7.07. The van der Waals surface area contributed by atoms with Crippen LogP contribution < -0.4 is 10.9 Å². The molecule has 0 aromatic carbocycles. The molecule has 2 N–H and O–H groups in total. The molecule has 1 aliphatic heterocycles. The summed E-state index contributed by atoms with van der Waals surface area (Å²) in [4.78, 5) is 29.3. The minimum Gasteiger partial charge on any atom is -0.379 e. The van der Waals surface area contributed by atoms with Gasteiger partial charge in [-0.25, -0.2) is 0 Å². The number of aromatic nitrogens is 1. The van der Waals surface area contributed by atoms with Crippen LogP contribution in [0.15, 0.2) is 10.9 Å². The fourth-order valence-corrected chi connectivity index (χ4v) is 3.11. The number of aromatic amines is 1. The molecule has 2 heterocycles. The second-order valence-corrected chi connectivity index (χ2v) is 5.93. The van der Waals surface area contributed by atoms with Crippen molar-refractivity contribution in [3.8, 4) is 0 Å². The third kappa shape index (κ3) is 3.56. The van der Waals surface area contributed by atoms with Gasteiger partial charge < -0.3 is 15.0 Å². The Bertz CT molecular complexity index is 591. The van der Waals surface area contributed by atoms with Crippen molar-refractivity contribution in [1.29, 1.82) is 0 Å². The number of rotatable bonds is 5. The number of fused-ring (bicyclic) bond motifs is 1. The first kappa shape index (κ1) is 15.2. The summed E-state index contributed by atoms with van der Waals surface area (Å²) >= 11 is 0. The minimum atomic E-state index is -0.272. The van der Waals surface area contributed by atoms with Gasteiger partial charge in [0.2, 0.25) is 0 Å². The molecule has 0 saturated carbocycles. The molecule has 0 radical (unpaired) electrons. The lowest BCUT2D eigenvalue weighted by Crippen LogP contribution is -2.38. The Morgan fingerprint density at radius 3 is 2.95 bits per heavy atom. The molecule has 0 atom stereocenters. The molecule has 1 amide bonds. The largest absolute Gasteiger partial charge is 0.379 e. The summed E-state index contributed by atoms with van der Waals surface area (Å²) in [5.41, 5.74) is 2.07. The summed E-state index contributed by atoms with van der Waals surface area (Å²) in [6, 6.07) is 1.76. The van der Waals surface area contributed by atoms with Crippen LogP contribution in [0.5, 0.6) is 0 Å². The van der Waals surface area contributed by atoms with Gasteiger partial charge >= 0.3 is 0 Å². The third-order valence-corrected chi connectivity index (χ3v) is 4.37. The summed E-state index contributed by atoms with van der Waals surface area (Å²) < 4.78 is 5.30. The van der Waals surface area contributed by atoms with Crippen molar-refractivity contribution in [2.45, 2.75) is 25.7 Å². The van der Waals surface area contributed by atoms with E-state index >= 15 is 0 Å². The number of hydrogen-bond donors (Lipinski definition) is 2. The number of H-pyrrole nitrogens is 1. The lowest BCUT2D eigenvalue weighted by molar-refractivity contribution is 0.0374. The molecular weight excluding hydrogens is 282 g/mol. The van der Waals surface area contributed by atoms with Crippen LogP contribution in [0.4, 0.5) is 0 Å². The van der Waals surface area contributed by atoms with E-state index in [2.05, 4.69) is 15.2 Å². The highest BCUT2D eigenvalue weighted by Gasteiger charge is 2.18. The molecule has 2 aliphatic rings. The normalized spacial score (nSPS) is 18.2. The van der Waals surface area contributed by atoms with E-state index in [0.717, 1.165) is 69.8 Å². The maximum atomic E-state index is 12.2. The molecule has 0 bridgehead atoms. The van der Waals surface area contributed by atoms with Crippen LogP contribution >= 0.6 is 0 Å². The van der Waals surface area contributed by atoms with E-state index < -0.39 is 0 Å². The third-order valence-electron chi connectivity index (χ3n) is 4.37. The standard InChI is InChI=1S/C16H23N3O3/c20-15(17-5-2-6-19-7-9-22-10-8-19)13-11-12-3-1-4-14(12)18-16(13)21/h11H,1-10H2,(H,17,20)(H,18,21). The van der Waals surface area contributed by atoms with Crippen LogP contribution in [0.3, 0.4) is 0 Å². The van der Waals surface area contributed by atoms with E-state index in [1.165, 1.54) is 0 Å².